The second-order valence-corrected chi connectivity index (χ2v) is 3.82. The van der Waals surface area contributed by atoms with Gasteiger partial charge in [0.05, 0.1) is 18.2 Å². The quantitative estimate of drug-likeness (QED) is 0.776. The molecule has 0 saturated heterocycles. The van der Waals surface area contributed by atoms with Crippen molar-refractivity contribution >= 4 is 5.97 Å². The number of ether oxygens (including phenoxy) is 2. The molecule has 20 heavy (non-hydrogen) atoms. The van der Waals surface area contributed by atoms with Crippen LogP contribution in [0.25, 0.3) is 0 Å². The third kappa shape index (κ3) is 3.36. The number of carbonyl (C=O) groups is 1. The summed E-state index contributed by atoms with van der Waals surface area (Å²) in [5, 5.41) is 12.3. The molecule has 0 saturated carbocycles. The minimum absolute atomic E-state index is 0.116. The lowest BCUT2D eigenvalue weighted by Gasteiger charge is -2.02. The Morgan fingerprint density at radius 3 is 2.80 bits per heavy atom. The van der Waals surface area contributed by atoms with Crippen LogP contribution in [0.15, 0.2) is 34.9 Å². The predicted molar refractivity (Wildman–Crippen MR) is 67.9 cm³/mol. The van der Waals surface area contributed by atoms with Gasteiger partial charge in [-0.2, -0.15) is 5.26 Å². The van der Waals surface area contributed by atoms with E-state index in [-0.39, 0.29) is 18.9 Å². The van der Waals surface area contributed by atoms with Crippen LogP contribution in [-0.4, -0.2) is 17.7 Å². The molecule has 102 valence electrons. The Labute approximate surface area is 115 Å². The van der Waals surface area contributed by atoms with E-state index in [4.69, 9.17) is 19.3 Å². The number of hydrogen-bond donors (Lipinski definition) is 0. The predicted octanol–water partition coefficient (Wildman–Crippen LogP) is 2.30. The molecule has 0 aliphatic carbocycles. The first-order valence-corrected chi connectivity index (χ1v) is 5.98. The number of rotatable bonds is 5. The van der Waals surface area contributed by atoms with Crippen LogP contribution >= 0.6 is 0 Å². The van der Waals surface area contributed by atoms with E-state index in [9.17, 15) is 4.79 Å². The summed E-state index contributed by atoms with van der Waals surface area (Å²) < 4.78 is 15.2. The van der Waals surface area contributed by atoms with E-state index in [1.54, 1.807) is 31.2 Å². The minimum Gasteiger partial charge on any atom is -0.486 e. The summed E-state index contributed by atoms with van der Waals surface area (Å²) in [4.78, 5) is 11.4. The molecule has 1 aromatic heterocycles. The van der Waals surface area contributed by atoms with Gasteiger partial charge < -0.3 is 14.0 Å². The highest BCUT2D eigenvalue weighted by Crippen LogP contribution is 2.14. The Bertz CT molecular complexity index is 625. The van der Waals surface area contributed by atoms with E-state index in [1.165, 1.54) is 6.07 Å². The number of hydrogen-bond acceptors (Lipinski definition) is 6. The zero-order chi connectivity index (χ0) is 14.4. The molecule has 0 aliphatic rings. The molecule has 6 heteroatoms. The van der Waals surface area contributed by atoms with Crippen LogP contribution in [0.3, 0.4) is 0 Å². The highest BCUT2D eigenvalue weighted by atomic mass is 16.5. The van der Waals surface area contributed by atoms with Crippen LogP contribution in [0, 0.1) is 11.3 Å². The van der Waals surface area contributed by atoms with E-state index in [0.717, 1.165) is 0 Å². The van der Waals surface area contributed by atoms with Gasteiger partial charge in [-0.15, -0.1) is 0 Å². The van der Waals surface area contributed by atoms with Crippen LogP contribution in [0.5, 0.6) is 5.75 Å². The first-order chi connectivity index (χ1) is 9.72. The molecule has 0 N–H and O–H groups in total. The van der Waals surface area contributed by atoms with Crippen molar-refractivity contribution in [2.45, 2.75) is 13.5 Å². The van der Waals surface area contributed by atoms with Crippen molar-refractivity contribution in [1.29, 1.82) is 5.26 Å². The van der Waals surface area contributed by atoms with Crippen molar-refractivity contribution in [2.75, 3.05) is 6.61 Å². The second-order valence-electron chi connectivity index (χ2n) is 3.82. The molecule has 6 nitrogen and oxygen atoms in total. The number of nitrogens with zero attached hydrogens (tertiary/aromatic N) is 2. The third-order valence-corrected chi connectivity index (χ3v) is 2.41. The van der Waals surface area contributed by atoms with Gasteiger partial charge in [-0.3, -0.25) is 0 Å². The Hall–Kier alpha value is -2.81. The lowest BCUT2D eigenvalue weighted by molar-refractivity contribution is 0.0514. The van der Waals surface area contributed by atoms with Crippen LogP contribution < -0.4 is 4.74 Å². The summed E-state index contributed by atoms with van der Waals surface area (Å²) in [6, 6.07) is 10.2. The lowest BCUT2D eigenvalue weighted by atomic mass is 10.2. The molecule has 2 rings (SSSR count). The maximum Gasteiger partial charge on any atom is 0.360 e. The van der Waals surface area contributed by atoms with Crippen molar-refractivity contribution in [2.24, 2.45) is 0 Å². The molecule has 0 fully saturated rings. The summed E-state index contributed by atoms with van der Waals surface area (Å²) >= 11 is 0. The maximum atomic E-state index is 11.4. The van der Waals surface area contributed by atoms with E-state index in [1.807, 2.05) is 6.07 Å². The Kier molecular flexibility index (Phi) is 4.35. The van der Waals surface area contributed by atoms with E-state index >= 15 is 0 Å². The summed E-state index contributed by atoms with van der Waals surface area (Å²) in [7, 11) is 0. The molecule has 1 heterocycles. The van der Waals surface area contributed by atoms with E-state index in [0.29, 0.717) is 17.1 Å². The number of aromatic nitrogens is 1. The van der Waals surface area contributed by atoms with Gasteiger partial charge in [0.25, 0.3) is 0 Å². The van der Waals surface area contributed by atoms with Crippen molar-refractivity contribution in [3.8, 4) is 11.8 Å². The van der Waals surface area contributed by atoms with E-state index < -0.39 is 5.97 Å². The number of esters is 1. The molecular formula is C14H12N2O4. The normalized spacial score (nSPS) is 9.80. The smallest absolute Gasteiger partial charge is 0.360 e. The summed E-state index contributed by atoms with van der Waals surface area (Å²) in [5.74, 6) is 0.483. The molecule has 0 amide bonds. The molecule has 1 aromatic carbocycles. The van der Waals surface area contributed by atoms with Crippen LogP contribution in [0.2, 0.25) is 0 Å². The second kappa shape index (κ2) is 6.38. The van der Waals surface area contributed by atoms with E-state index in [2.05, 4.69) is 5.16 Å². The fraction of sp³-hybridized carbons (Fsp3) is 0.214. The van der Waals surface area contributed by atoms with Crippen LogP contribution in [-0.2, 0) is 11.3 Å². The number of benzene rings is 1. The average Bonchev–Trinajstić information content (AvgIpc) is 2.95. The van der Waals surface area contributed by atoms with Gasteiger partial charge in [0.2, 0.25) is 0 Å². The van der Waals surface area contributed by atoms with Crippen LogP contribution in [0.1, 0.15) is 28.7 Å². The summed E-state index contributed by atoms with van der Waals surface area (Å²) in [6.07, 6.45) is 0. The highest BCUT2D eigenvalue weighted by Gasteiger charge is 2.13. The molecule has 0 bridgehead atoms. The zero-order valence-electron chi connectivity index (χ0n) is 10.8. The lowest BCUT2D eigenvalue weighted by Crippen LogP contribution is -2.04. The molecule has 0 unspecified atom stereocenters. The molecule has 2 aromatic rings. The Morgan fingerprint density at radius 2 is 2.15 bits per heavy atom. The fourth-order valence-electron chi connectivity index (χ4n) is 1.46. The van der Waals surface area contributed by atoms with Gasteiger partial charge in [-0.1, -0.05) is 5.16 Å². The third-order valence-electron chi connectivity index (χ3n) is 2.41. The molecule has 0 aliphatic heterocycles. The standard InChI is InChI=1S/C14H12N2O4/c1-2-18-14(17)13-7-12(20-16-13)9-19-11-5-3-10(8-15)4-6-11/h3-7H,2,9H2,1H3. The Balaban J connectivity index is 1.94. The van der Waals surface area contributed by atoms with Crippen molar-refractivity contribution in [1.82, 2.24) is 5.16 Å². The van der Waals surface area contributed by atoms with Gasteiger partial charge in [0, 0.05) is 6.07 Å². The van der Waals surface area contributed by atoms with Crippen molar-refractivity contribution < 1.29 is 18.8 Å². The van der Waals surface area contributed by atoms with Gasteiger partial charge in [-0.25, -0.2) is 4.79 Å². The number of carbonyl (C=O) groups excluding carboxylic acids is 1. The molecule has 0 radical (unpaired) electrons. The molecule has 0 spiro atoms. The molecular weight excluding hydrogens is 260 g/mol. The summed E-state index contributed by atoms with van der Waals surface area (Å²) in [6.45, 7) is 2.13. The summed E-state index contributed by atoms with van der Waals surface area (Å²) in [5.41, 5.74) is 0.673. The topological polar surface area (TPSA) is 85.4 Å². The monoisotopic (exact) mass is 272 g/mol. The van der Waals surface area contributed by atoms with Crippen molar-refractivity contribution in [3.63, 3.8) is 0 Å². The SMILES string of the molecule is CCOC(=O)c1cc(COc2ccc(C#N)cc2)on1. The van der Waals surface area contributed by atoms with Gasteiger partial charge in [0.15, 0.2) is 11.5 Å². The average molecular weight is 272 g/mol. The zero-order valence-corrected chi connectivity index (χ0v) is 10.8. The number of nitriles is 1. The first kappa shape index (κ1) is 13.6. The minimum atomic E-state index is -0.527. The Morgan fingerprint density at radius 1 is 1.40 bits per heavy atom. The highest BCUT2D eigenvalue weighted by molar-refractivity contribution is 5.87. The van der Waals surface area contributed by atoms with Crippen molar-refractivity contribution in [3.05, 3.63) is 47.3 Å². The maximum absolute atomic E-state index is 11.4. The van der Waals surface area contributed by atoms with Crippen LogP contribution in [0.4, 0.5) is 0 Å². The fourth-order valence-corrected chi connectivity index (χ4v) is 1.46. The van der Waals surface area contributed by atoms with Gasteiger partial charge >= 0.3 is 5.97 Å². The van der Waals surface area contributed by atoms with Gasteiger partial charge in [0.1, 0.15) is 12.4 Å². The van der Waals surface area contributed by atoms with Gasteiger partial charge in [-0.05, 0) is 31.2 Å². The molecule has 0 atom stereocenters. The first-order valence-electron chi connectivity index (χ1n) is 5.98. The largest absolute Gasteiger partial charge is 0.486 e.